The molecule has 0 aromatic heterocycles. The predicted octanol–water partition coefficient (Wildman–Crippen LogP) is 3.18. The van der Waals surface area contributed by atoms with Gasteiger partial charge in [-0.15, -0.1) is 0 Å². The van der Waals surface area contributed by atoms with Crippen LogP contribution in [0.3, 0.4) is 0 Å². The second-order valence-corrected chi connectivity index (χ2v) is 5.26. The summed E-state index contributed by atoms with van der Waals surface area (Å²) in [7, 11) is 0. The van der Waals surface area contributed by atoms with Crippen LogP contribution in [0.2, 0.25) is 0 Å². The molecule has 3 N–H and O–H groups in total. The number of alkyl halides is 3. The molecular formula is C16H14F3NO. The van der Waals surface area contributed by atoms with Crippen molar-refractivity contribution in [2.75, 3.05) is 0 Å². The maximum absolute atomic E-state index is 12.5. The van der Waals surface area contributed by atoms with Crippen LogP contribution in [0.25, 0.3) is 11.1 Å². The number of rotatable bonds is 2. The van der Waals surface area contributed by atoms with Crippen LogP contribution in [0.4, 0.5) is 13.2 Å². The lowest BCUT2D eigenvalue weighted by Gasteiger charge is -2.22. The van der Waals surface area contributed by atoms with Gasteiger partial charge in [0, 0.05) is 0 Å². The summed E-state index contributed by atoms with van der Waals surface area (Å²) in [5.41, 5.74) is 10.1. The molecule has 0 aliphatic heterocycles. The van der Waals surface area contributed by atoms with Crippen molar-refractivity contribution in [2.45, 2.75) is 24.7 Å². The van der Waals surface area contributed by atoms with Gasteiger partial charge in [0.1, 0.15) is 0 Å². The van der Waals surface area contributed by atoms with Gasteiger partial charge in [-0.05, 0) is 34.2 Å². The van der Waals surface area contributed by atoms with Crippen LogP contribution < -0.4 is 5.73 Å². The minimum absolute atomic E-state index is 0.298. The van der Waals surface area contributed by atoms with Gasteiger partial charge in [0.15, 0.2) is 6.10 Å². The zero-order valence-electron chi connectivity index (χ0n) is 11.1. The normalized spacial score (nSPS) is 16.2. The highest BCUT2D eigenvalue weighted by Crippen LogP contribution is 2.38. The van der Waals surface area contributed by atoms with E-state index in [2.05, 4.69) is 0 Å². The van der Waals surface area contributed by atoms with Crippen molar-refractivity contribution in [3.8, 4) is 11.1 Å². The van der Waals surface area contributed by atoms with E-state index in [1.165, 1.54) is 0 Å². The number of hydrogen-bond acceptors (Lipinski definition) is 2. The molecule has 1 aliphatic carbocycles. The smallest absolute Gasteiger partial charge is 0.382 e. The highest BCUT2D eigenvalue weighted by atomic mass is 19.4. The molecule has 0 spiro atoms. The van der Waals surface area contributed by atoms with Crippen molar-refractivity contribution in [3.05, 3.63) is 59.2 Å². The van der Waals surface area contributed by atoms with Crippen molar-refractivity contribution in [1.29, 1.82) is 0 Å². The average molecular weight is 293 g/mol. The summed E-state index contributed by atoms with van der Waals surface area (Å²) in [5, 5.41) is 9.28. The molecule has 0 amide bonds. The topological polar surface area (TPSA) is 46.2 Å². The second kappa shape index (κ2) is 4.86. The Kier molecular flexibility index (Phi) is 3.26. The van der Waals surface area contributed by atoms with Gasteiger partial charge in [-0.2, -0.15) is 13.2 Å². The molecule has 0 unspecified atom stereocenters. The molecule has 3 rings (SSSR count). The van der Waals surface area contributed by atoms with Crippen LogP contribution in [0.15, 0.2) is 42.5 Å². The molecule has 0 heterocycles. The van der Waals surface area contributed by atoms with Gasteiger partial charge >= 0.3 is 6.18 Å². The Morgan fingerprint density at radius 3 is 2.38 bits per heavy atom. The second-order valence-electron chi connectivity index (χ2n) is 5.26. The van der Waals surface area contributed by atoms with E-state index in [0.29, 0.717) is 12.0 Å². The third-order valence-corrected chi connectivity index (χ3v) is 3.88. The molecule has 0 saturated heterocycles. The largest absolute Gasteiger partial charge is 0.416 e. The summed E-state index contributed by atoms with van der Waals surface area (Å²) in [5.74, 6) is 0. The van der Waals surface area contributed by atoms with Crippen LogP contribution in [-0.4, -0.2) is 17.4 Å². The molecule has 2 aromatic rings. The number of aliphatic hydroxyl groups is 1. The third kappa shape index (κ3) is 2.43. The maximum atomic E-state index is 12.5. The quantitative estimate of drug-likeness (QED) is 0.762. The molecule has 2 atom stereocenters. The van der Waals surface area contributed by atoms with Crippen LogP contribution in [0, 0.1) is 0 Å². The first-order valence-electron chi connectivity index (χ1n) is 6.59. The van der Waals surface area contributed by atoms with Crippen molar-refractivity contribution >= 4 is 0 Å². The molecule has 110 valence electrons. The van der Waals surface area contributed by atoms with E-state index >= 15 is 0 Å². The van der Waals surface area contributed by atoms with Crippen molar-refractivity contribution < 1.29 is 18.3 Å². The van der Waals surface area contributed by atoms with Gasteiger partial charge in [-0.25, -0.2) is 0 Å². The van der Waals surface area contributed by atoms with Crippen LogP contribution in [0.1, 0.15) is 22.7 Å². The Balaban J connectivity index is 1.94. The molecule has 1 aliphatic rings. The van der Waals surface area contributed by atoms with Gasteiger partial charge in [-0.1, -0.05) is 42.5 Å². The number of halogens is 3. The van der Waals surface area contributed by atoms with Gasteiger partial charge < -0.3 is 10.8 Å². The predicted molar refractivity (Wildman–Crippen MR) is 73.7 cm³/mol. The molecule has 5 heteroatoms. The fourth-order valence-electron chi connectivity index (χ4n) is 2.76. The zero-order chi connectivity index (χ0) is 15.2. The summed E-state index contributed by atoms with van der Waals surface area (Å²) in [6.07, 6.45) is -6.60. The minimum atomic E-state index is -4.72. The summed E-state index contributed by atoms with van der Waals surface area (Å²) >= 11 is 0. The summed E-state index contributed by atoms with van der Waals surface area (Å²) < 4.78 is 37.6. The van der Waals surface area contributed by atoms with Gasteiger partial charge in [0.2, 0.25) is 0 Å². The van der Waals surface area contributed by atoms with Crippen LogP contribution >= 0.6 is 0 Å². The average Bonchev–Trinajstić information content (AvgIpc) is 2.82. The summed E-state index contributed by atoms with van der Waals surface area (Å²) in [6, 6.07) is 11.4. The Morgan fingerprint density at radius 2 is 1.67 bits per heavy atom. The number of aliphatic hydroxyl groups excluding tert-OH is 1. The monoisotopic (exact) mass is 293 g/mol. The molecule has 0 saturated carbocycles. The number of benzene rings is 2. The van der Waals surface area contributed by atoms with E-state index in [0.717, 1.165) is 22.3 Å². The molecular weight excluding hydrogens is 279 g/mol. The fraction of sp³-hybridized carbons (Fsp3) is 0.250. The Hall–Kier alpha value is -1.85. The minimum Gasteiger partial charge on any atom is -0.382 e. The van der Waals surface area contributed by atoms with Gasteiger partial charge in [0.25, 0.3) is 0 Å². The highest BCUT2D eigenvalue weighted by Gasteiger charge is 2.42. The van der Waals surface area contributed by atoms with Crippen LogP contribution in [0.5, 0.6) is 0 Å². The van der Waals surface area contributed by atoms with E-state index in [-0.39, 0.29) is 0 Å². The van der Waals surface area contributed by atoms with E-state index in [4.69, 9.17) is 5.73 Å². The van der Waals surface area contributed by atoms with E-state index in [9.17, 15) is 18.3 Å². The van der Waals surface area contributed by atoms with Gasteiger partial charge in [0.05, 0.1) is 6.04 Å². The Labute approximate surface area is 120 Å². The fourth-order valence-corrected chi connectivity index (χ4v) is 2.76. The first-order valence-corrected chi connectivity index (χ1v) is 6.59. The Bertz CT molecular complexity index is 681. The lowest BCUT2D eigenvalue weighted by atomic mass is 9.97. The first kappa shape index (κ1) is 14.1. The molecule has 0 fully saturated rings. The lowest BCUT2D eigenvalue weighted by molar-refractivity contribution is -0.210. The molecule has 0 bridgehead atoms. The van der Waals surface area contributed by atoms with Crippen molar-refractivity contribution in [2.24, 2.45) is 5.73 Å². The van der Waals surface area contributed by atoms with Crippen molar-refractivity contribution in [1.82, 2.24) is 0 Å². The number of nitrogens with two attached hydrogens (primary N) is 1. The summed E-state index contributed by atoms with van der Waals surface area (Å²) in [4.78, 5) is 0. The zero-order valence-corrected chi connectivity index (χ0v) is 11.1. The molecule has 21 heavy (non-hydrogen) atoms. The van der Waals surface area contributed by atoms with E-state index < -0.39 is 18.3 Å². The maximum Gasteiger partial charge on any atom is 0.416 e. The highest BCUT2D eigenvalue weighted by molar-refractivity contribution is 5.77. The lowest BCUT2D eigenvalue weighted by Crippen LogP contribution is -2.38. The number of fused-ring (bicyclic) bond motifs is 3. The van der Waals surface area contributed by atoms with Crippen molar-refractivity contribution in [3.63, 3.8) is 0 Å². The summed E-state index contributed by atoms with van der Waals surface area (Å²) in [6.45, 7) is 0. The molecule has 2 aromatic carbocycles. The van der Waals surface area contributed by atoms with Gasteiger partial charge in [-0.3, -0.25) is 0 Å². The first-order chi connectivity index (χ1) is 9.88. The molecule has 2 nitrogen and oxygen atoms in total. The van der Waals surface area contributed by atoms with E-state index in [1.54, 1.807) is 18.2 Å². The standard InChI is InChI=1S/C16H14F3NO/c17-16(18,19)15(21)14(20)10-5-6-13-11(8-10)7-9-3-1-2-4-12(9)13/h1-6,8,14-15,21H,7,20H2/t14-,15-/m0/s1. The Morgan fingerprint density at radius 1 is 1.00 bits per heavy atom. The molecule has 0 radical (unpaired) electrons. The van der Waals surface area contributed by atoms with Crippen LogP contribution in [-0.2, 0) is 6.42 Å². The van der Waals surface area contributed by atoms with E-state index in [1.807, 2.05) is 24.3 Å². The number of hydrogen-bond donors (Lipinski definition) is 2. The SMILES string of the molecule is N[C@@H](c1ccc2c(c1)Cc1ccccc1-2)[C@H](O)C(F)(F)F. The third-order valence-electron chi connectivity index (χ3n) is 3.88.